The van der Waals surface area contributed by atoms with Crippen molar-refractivity contribution in [1.82, 2.24) is 5.32 Å². The van der Waals surface area contributed by atoms with Crippen LogP contribution in [0.1, 0.15) is 15.9 Å². The first kappa shape index (κ1) is 16.8. The smallest absolute Gasteiger partial charge is 0.176 e. The van der Waals surface area contributed by atoms with E-state index in [2.05, 4.69) is 5.32 Å². The highest BCUT2D eigenvalue weighted by Crippen LogP contribution is 2.21. The molecular weight excluding hydrogens is 292 g/mol. The second kappa shape index (κ2) is 8.19. The van der Waals surface area contributed by atoms with Gasteiger partial charge < -0.3 is 20.5 Å². The van der Waals surface area contributed by atoms with Crippen molar-refractivity contribution in [3.05, 3.63) is 53.6 Å². The van der Waals surface area contributed by atoms with Gasteiger partial charge in [0.25, 0.3) is 0 Å². The molecule has 2 rings (SSSR count). The highest BCUT2D eigenvalue weighted by atomic mass is 16.5. The zero-order valence-electron chi connectivity index (χ0n) is 13.5. The SMILES string of the molecule is COc1ccc(CCNCC(=O)c2ccc(OC)c(N)c2)cc1. The van der Waals surface area contributed by atoms with E-state index in [1.165, 1.54) is 5.56 Å². The average molecular weight is 314 g/mol. The van der Waals surface area contributed by atoms with Crippen molar-refractivity contribution in [1.29, 1.82) is 0 Å². The fourth-order valence-electron chi connectivity index (χ4n) is 2.24. The number of ether oxygens (including phenoxy) is 2. The van der Waals surface area contributed by atoms with E-state index < -0.39 is 0 Å². The molecule has 0 saturated heterocycles. The van der Waals surface area contributed by atoms with Crippen LogP contribution in [0.5, 0.6) is 11.5 Å². The molecule has 0 aliphatic carbocycles. The Morgan fingerprint density at radius 3 is 2.43 bits per heavy atom. The number of Topliss-reactive ketones (excluding diaryl/α,β-unsaturated/α-hetero) is 1. The highest BCUT2D eigenvalue weighted by Gasteiger charge is 2.08. The summed E-state index contributed by atoms with van der Waals surface area (Å²) in [6.45, 7) is 1.01. The largest absolute Gasteiger partial charge is 0.497 e. The lowest BCUT2D eigenvalue weighted by Gasteiger charge is -2.08. The second-order valence-electron chi connectivity index (χ2n) is 5.15. The van der Waals surface area contributed by atoms with Gasteiger partial charge in [-0.15, -0.1) is 0 Å². The summed E-state index contributed by atoms with van der Waals surface area (Å²) in [5.74, 6) is 1.43. The molecule has 0 atom stereocenters. The van der Waals surface area contributed by atoms with Crippen LogP contribution in [0.3, 0.4) is 0 Å². The minimum absolute atomic E-state index is 0.00841. The lowest BCUT2D eigenvalue weighted by molar-refractivity contribution is 0.0991. The molecule has 0 aliphatic rings. The number of carbonyl (C=O) groups is 1. The Balaban J connectivity index is 1.79. The first-order valence-electron chi connectivity index (χ1n) is 7.44. The molecule has 0 bridgehead atoms. The Morgan fingerprint density at radius 1 is 1.09 bits per heavy atom. The molecule has 0 radical (unpaired) electrons. The van der Waals surface area contributed by atoms with Gasteiger partial charge >= 0.3 is 0 Å². The third kappa shape index (κ3) is 4.72. The van der Waals surface area contributed by atoms with Crippen LogP contribution in [0.25, 0.3) is 0 Å². The van der Waals surface area contributed by atoms with Crippen LogP contribution < -0.4 is 20.5 Å². The molecule has 0 saturated carbocycles. The van der Waals surface area contributed by atoms with Crippen molar-refractivity contribution in [3.8, 4) is 11.5 Å². The van der Waals surface area contributed by atoms with E-state index in [0.29, 0.717) is 17.0 Å². The standard InChI is InChI=1S/C18H22N2O3/c1-22-15-6-3-13(4-7-15)9-10-20-12-17(21)14-5-8-18(23-2)16(19)11-14/h3-8,11,20H,9-10,12,19H2,1-2H3. The second-order valence-corrected chi connectivity index (χ2v) is 5.15. The number of nitrogen functional groups attached to an aromatic ring is 1. The molecule has 5 nitrogen and oxygen atoms in total. The van der Waals surface area contributed by atoms with Gasteiger partial charge in [0, 0.05) is 5.56 Å². The molecule has 5 heteroatoms. The molecule has 2 aromatic carbocycles. The number of hydrogen-bond acceptors (Lipinski definition) is 5. The fourth-order valence-corrected chi connectivity index (χ4v) is 2.24. The molecule has 0 aromatic heterocycles. The van der Waals surface area contributed by atoms with Gasteiger partial charge in [0.1, 0.15) is 11.5 Å². The van der Waals surface area contributed by atoms with Crippen molar-refractivity contribution in [3.63, 3.8) is 0 Å². The number of ketones is 1. The molecule has 0 fully saturated rings. The monoisotopic (exact) mass is 314 g/mol. The van der Waals surface area contributed by atoms with Gasteiger partial charge in [-0.05, 0) is 48.9 Å². The number of rotatable bonds is 8. The van der Waals surface area contributed by atoms with Gasteiger partial charge in [0.05, 0.1) is 26.5 Å². The summed E-state index contributed by atoms with van der Waals surface area (Å²) in [4.78, 5) is 12.1. The van der Waals surface area contributed by atoms with Crippen LogP contribution >= 0.6 is 0 Å². The Hall–Kier alpha value is -2.53. The Labute approximate surface area is 136 Å². The summed E-state index contributed by atoms with van der Waals surface area (Å²) < 4.78 is 10.2. The summed E-state index contributed by atoms with van der Waals surface area (Å²) in [5, 5.41) is 3.16. The molecule has 0 spiro atoms. The number of hydrogen-bond donors (Lipinski definition) is 2. The Kier molecular flexibility index (Phi) is 6.00. The number of nitrogens with two attached hydrogens (primary N) is 1. The lowest BCUT2D eigenvalue weighted by Crippen LogP contribution is -2.25. The number of nitrogens with one attached hydrogen (secondary N) is 1. The zero-order chi connectivity index (χ0) is 16.7. The van der Waals surface area contributed by atoms with Gasteiger partial charge in [0.15, 0.2) is 5.78 Å². The molecule has 0 aliphatic heterocycles. The normalized spacial score (nSPS) is 10.3. The summed E-state index contributed by atoms with van der Waals surface area (Å²) in [7, 11) is 3.20. The molecule has 2 aromatic rings. The summed E-state index contributed by atoms with van der Waals surface area (Å²) in [5.41, 5.74) is 8.06. The van der Waals surface area contributed by atoms with Crippen LogP contribution in [0.2, 0.25) is 0 Å². The predicted octanol–water partition coefficient (Wildman–Crippen LogP) is 2.30. The van der Waals surface area contributed by atoms with Crippen molar-refractivity contribution in [2.24, 2.45) is 0 Å². The van der Waals surface area contributed by atoms with E-state index in [9.17, 15) is 4.79 Å². The molecule has 3 N–H and O–H groups in total. The van der Waals surface area contributed by atoms with Gasteiger partial charge in [0.2, 0.25) is 0 Å². The fraction of sp³-hybridized carbons (Fsp3) is 0.278. The van der Waals surface area contributed by atoms with Crippen LogP contribution in [0.15, 0.2) is 42.5 Å². The van der Waals surface area contributed by atoms with Crippen molar-refractivity contribution in [2.45, 2.75) is 6.42 Å². The van der Waals surface area contributed by atoms with E-state index in [-0.39, 0.29) is 12.3 Å². The van der Waals surface area contributed by atoms with E-state index >= 15 is 0 Å². The molecule has 0 heterocycles. The van der Waals surface area contributed by atoms with Gasteiger partial charge in [-0.1, -0.05) is 12.1 Å². The first-order valence-corrected chi connectivity index (χ1v) is 7.44. The van der Waals surface area contributed by atoms with Crippen LogP contribution in [0, 0.1) is 0 Å². The Bertz CT molecular complexity index is 654. The third-order valence-corrected chi connectivity index (χ3v) is 3.59. The molecule has 0 amide bonds. The van der Waals surface area contributed by atoms with E-state index in [4.69, 9.17) is 15.2 Å². The van der Waals surface area contributed by atoms with Gasteiger partial charge in [-0.2, -0.15) is 0 Å². The third-order valence-electron chi connectivity index (χ3n) is 3.59. The summed E-state index contributed by atoms with van der Waals surface area (Å²) >= 11 is 0. The molecular formula is C18H22N2O3. The topological polar surface area (TPSA) is 73.6 Å². The maximum Gasteiger partial charge on any atom is 0.176 e. The van der Waals surface area contributed by atoms with E-state index in [1.54, 1.807) is 32.4 Å². The van der Waals surface area contributed by atoms with Gasteiger partial charge in [-0.25, -0.2) is 0 Å². The summed E-state index contributed by atoms with van der Waals surface area (Å²) in [6.07, 6.45) is 0.849. The number of carbonyl (C=O) groups excluding carboxylic acids is 1. The first-order chi connectivity index (χ1) is 11.1. The number of anilines is 1. The van der Waals surface area contributed by atoms with Crippen LogP contribution in [0.4, 0.5) is 5.69 Å². The molecule has 23 heavy (non-hydrogen) atoms. The molecule has 0 unspecified atom stereocenters. The van der Waals surface area contributed by atoms with Crippen LogP contribution in [-0.4, -0.2) is 33.1 Å². The zero-order valence-corrected chi connectivity index (χ0v) is 13.5. The van der Waals surface area contributed by atoms with Crippen molar-refractivity contribution < 1.29 is 14.3 Å². The van der Waals surface area contributed by atoms with E-state index in [0.717, 1.165) is 18.7 Å². The van der Waals surface area contributed by atoms with E-state index in [1.807, 2.05) is 24.3 Å². The lowest BCUT2D eigenvalue weighted by atomic mass is 10.1. The predicted molar refractivity (Wildman–Crippen MR) is 91.3 cm³/mol. The minimum atomic E-state index is 0.00841. The molecule has 122 valence electrons. The maximum atomic E-state index is 12.1. The average Bonchev–Trinajstić information content (AvgIpc) is 2.59. The number of benzene rings is 2. The quantitative estimate of drug-likeness (QED) is 0.444. The van der Waals surface area contributed by atoms with Gasteiger partial charge in [-0.3, -0.25) is 4.79 Å². The Morgan fingerprint density at radius 2 is 1.83 bits per heavy atom. The number of methoxy groups -OCH3 is 2. The van der Waals surface area contributed by atoms with Crippen molar-refractivity contribution >= 4 is 11.5 Å². The minimum Gasteiger partial charge on any atom is -0.497 e. The van der Waals surface area contributed by atoms with Crippen molar-refractivity contribution in [2.75, 3.05) is 33.0 Å². The highest BCUT2D eigenvalue weighted by molar-refractivity contribution is 5.98. The van der Waals surface area contributed by atoms with Crippen LogP contribution in [-0.2, 0) is 6.42 Å². The summed E-state index contributed by atoms with van der Waals surface area (Å²) in [6, 6.07) is 13.0. The maximum absolute atomic E-state index is 12.1.